The summed E-state index contributed by atoms with van der Waals surface area (Å²) in [4.78, 5) is 0. The fraction of sp³-hybridized carbons (Fsp3) is 1.00. The minimum atomic E-state index is 0.495. The summed E-state index contributed by atoms with van der Waals surface area (Å²) in [5.41, 5.74) is 1.80. The third-order valence-corrected chi connectivity index (χ3v) is 12.8. The van der Waals surface area contributed by atoms with E-state index in [4.69, 9.17) is 0 Å². The zero-order chi connectivity index (χ0) is 21.9. The topological polar surface area (TPSA) is 0 Å². The summed E-state index contributed by atoms with van der Waals surface area (Å²) in [6.07, 6.45) is 16.7. The predicted octanol–water partition coefficient (Wildman–Crippen LogP) is 9.38. The van der Waals surface area contributed by atoms with Gasteiger partial charge in [-0.3, -0.25) is 0 Å². The SMILES string of the molecule is CC(C)C(C)(C)CC[C@H](C)[C@@H]1CC[C@H]2[C@H]3CC[C@H]4CCCC(C)[C@]4(C)[C@H]3CC[C@@]21C. The van der Waals surface area contributed by atoms with Gasteiger partial charge in [-0.15, -0.1) is 0 Å². The van der Waals surface area contributed by atoms with Crippen molar-refractivity contribution in [2.24, 2.45) is 63.6 Å². The molecule has 0 radical (unpaired) electrons. The van der Waals surface area contributed by atoms with Gasteiger partial charge in [-0.25, -0.2) is 0 Å². The molecule has 0 nitrogen and oxygen atoms in total. The van der Waals surface area contributed by atoms with Crippen LogP contribution < -0.4 is 0 Å². The van der Waals surface area contributed by atoms with E-state index in [-0.39, 0.29) is 0 Å². The van der Waals surface area contributed by atoms with Crippen molar-refractivity contribution in [1.29, 1.82) is 0 Å². The molecule has 4 aliphatic carbocycles. The molecule has 0 aromatic heterocycles. The summed E-state index contributed by atoms with van der Waals surface area (Å²) in [5, 5.41) is 0. The van der Waals surface area contributed by atoms with Gasteiger partial charge in [0.25, 0.3) is 0 Å². The molecule has 0 spiro atoms. The summed E-state index contributed by atoms with van der Waals surface area (Å²) in [7, 11) is 0. The van der Waals surface area contributed by atoms with Crippen molar-refractivity contribution >= 4 is 0 Å². The molecular weight excluding hydrogens is 360 g/mol. The lowest BCUT2D eigenvalue weighted by atomic mass is 9.42. The molecule has 4 aliphatic rings. The van der Waals surface area contributed by atoms with Gasteiger partial charge in [0.1, 0.15) is 0 Å². The molecule has 4 rings (SSSR count). The van der Waals surface area contributed by atoms with Gasteiger partial charge < -0.3 is 0 Å². The summed E-state index contributed by atoms with van der Waals surface area (Å²) in [6, 6.07) is 0. The Morgan fingerprint density at radius 1 is 0.867 bits per heavy atom. The van der Waals surface area contributed by atoms with Crippen LogP contribution in [0, 0.1) is 63.6 Å². The Morgan fingerprint density at radius 3 is 2.30 bits per heavy atom. The van der Waals surface area contributed by atoms with E-state index in [0.29, 0.717) is 16.2 Å². The smallest absolute Gasteiger partial charge is 0.0241 e. The largest absolute Gasteiger partial charge is 0.0623 e. The molecule has 0 bridgehead atoms. The molecule has 0 heterocycles. The Morgan fingerprint density at radius 2 is 1.60 bits per heavy atom. The van der Waals surface area contributed by atoms with Gasteiger partial charge in [-0.05, 0) is 121 Å². The maximum absolute atomic E-state index is 2.76. The quantitative estimate of drug-likeness (QED) is 0.420. The second-order valence-corrected chi connectivity index (χ2v) is 14.2. The first-order valence-corrected chi connectivity index (χ1v) is 14.0. The van der Waals surface area contributed by atoms with Gasteiger partial charge in [0.2, 0.25) is 0 Å². The van der Waals surface area contributed by atoms with E-state index in [1.54, 1.807) is 25.7 Å². The molecule has 0 aliphatic heterocycles. The van der Waals surface area contributed by atoms with Crippen LogP contribution in [-0.2, 0) is 0 Å². The highest BCUT2D eigenvalue weighted by Gasteiger charge is 2.61. The van der Waals surface area contributed by atoms with Crippen molar-refractivity contribution in [2.45, 2.75) is 126 Å². The zero-order valence-electron chi connectivity index (χ0n) is 21.9. The van der Waals surface area contributed by atoms with Crippen LogP contribution in [0.1, 0.15) is 126 Å². The van der Waals surface area contributed by atoms with Gasteiger partial charge >= 0.3 is 0 Å². The average molecular weight is 415 g/mol. The minimum absolute atomic E-state index is 0.495. The lowest BCUT2D eigenvalue weighted by Crippen LogP contribution is -2.55. The normalized spacial score (nSPS) is 47.5. The van der Waals surface area contributed by atoms with Crippen LogP contribution in [0.15, 0.2) is 0 Å². The van der Waals surface area contributed by atoms with Gasteiger partial charge in [0.15, 0.2) is 0 Å². The molecule has 0 heteroatoms. The summed E-state index contributed by atoms with van der Waals surface area (Å²) in [5.74, 6) is 7.82. The van der Waals surface area contributed by atoms with Crippen LogP contribution in [0.4, 0.5) is 0 Å². The molecular formula is C30H54. The van der Waals surface area contributed by atoms with Crippen molar-refractivity contribution < 1.29 is 0 Å². The Kier molecular flexibility index (Phi) is 6.25. The summed E-state index contributed by atoms with van der Waals surface area (Å²) >= 11 is 0. The van der Waals surface area contributed by atoms with Crippen molar-refractivity contribution in [3.8, 4) is 0 Å². The first-order valence-electron chi connectivity index (χ1n) is 14.0. The van der Waals surface area contributed by atoms with E-state index in [0.717, 1.165) is 47.3 Å². The van der Waals surface area contributed by atoms with E-state index in [1.807, 2.05) is 0 Å². The van der Waals surface area contributed by atoms with Crippen molar-refractivity contribution in [3.63, 3.8) is 0 Å². The maximum Gasteiger partial charge on any atom is -0.0241 e. The molecule has 30 heavy (non-hydrogen) atoms. The van der Waals surface area contributed by atoms with Crippen molar-refractivity contribution in [3.05, 3.63) is 0 Å². The minimum Gasteiger partial charge on any atom is -0.0623 e. The van der Waals surface area contributed by atoms with Crippen LogP contribution in [0.5, 0.6) is 0 Å². The summed E-state index contributed by atoms with van der Waals surface area (Å²) in [6.45, 7) is 20.6. The number of hydrogen-bond acceptors (Lipinski definition) is 0. The van der Waals surface area contributed by atoms with E-state index >= 15 is 0 Å². The molecule has 0 aromatic carbocycles. The Hall–Kier alpha value is 0. The third-order valence-electron chi connectivity index (χ3n) is 12.8. The third kappa shape index (κ3) is 3.53. The predicted molar refractivity (Wildman–Crippen MR) is 131 cm³/mol. The lowest BCUT2D eigenvalue weighted by Gasteiger charge is -2.62. The second kappa shape index (κ2) is 8.09. The van der Waals surface area contributed by atoms with Crippen LogP contribution >= 0.6 is 0 Å². The van der Waals surface area contributed by atoms with Crippen LogP contribution in [0.2, 0.25) is 0 Å². The van der Waals surface area contributed by atoms with Gasteiger partial charge in [0, 0.05) is 0 Å². The molecule has 0 saturated heterocycles. The first kappa shape index (κ1) is 23.2. The van der Waals surface area contributed by atoms with Crippen LogP contribution in [-0.4, -0.2) is 0 Å². The molecule has 0 aromatic rings. The Bertz CT molecular complexity index is 601. The zero-order valence-corrected chi connectivity index (χ0v) is 21.9. The van der Waals surface area contributed by atoms with Crippen molar-refractivity contribution in [2.75, 3.05) is 0 Å². The molecule has 174 valence electrons. The van der Waals surface area contributed by atoms with Crippen LogP contribution in [0.25, 0.3) is 0 Å². The second-order valence-electron chi connectivity index (χ2n) is 14.2. The Balaban J connectivity index is 1.49. The highest BCUT2D eigenvalue weighted by molar-refractivity contribution is 5.10. The molecule has 4 saturated carbocycles. The van der Waals surface area contributed by atoms with E-state index in [2.05, 4.69) is 55.4 Å². The highest BCUT2D eigenvalue weighted by atomic mass is 14.7. The number of hydrogen-bond donors (Lipinski definition) is 0. The molecule has 0 amide bonds. The Labute approximate surface area is 189 Å². The average Bonchev–Trinajstić information content (AvgIpc) is 3.04. The number of rotatable bonds is 5. The van der Waals surface area contributed by atoms with E-state index < -0.39 is 0 Å². The lowest BCUT2D eigenvalue weighted by molar-refractivity contribution is -0.136. The van der Waals surface area contributed by atoms with Gasteiger partial charge in [0.05, 0.1) is 0 Å². The molecule has 1 unspecified atom stereocenters. The van der Waals surface area contributed by atoms with Crippen molar-refractivity contribution in [1.82, 2.24) is 0 Å². The van der Waals surface area contributed by atoms with Gasteiger partial charge in [-0.1, -0.05) is 68.2 Å². The standard InChI is InChI=1S/C30H54/c1-20(2)28(5,6)18-16-21(3)25-14-15-26-24-13-12-23-11-9-10-22(4)30(23,8)27(24)17-19-29(25,26)7/h20-27H,9-19H2,1-8H3/t21-,22?,23+,24+,25-,26-,27-,29+,30-/m0/s1. The van der Waals surface area contributed by atoms with Gasteiger partial charge in [-0.2, -0.15) is 0 Å². The molecule has 4 fully saturated rings. The fourth-order valence-electron chi connectivity index (χ4n) is 9.74. The van der Waals surface area contributed by atoms with E-state index in [1.165, 1.54) is 44.9 Å². The maximum atomic E-state index is 2.76. The van der Waals surface area contributed by atoms with E-state index in [9.17, 15) is 0 Å². The fourth-order valence-corrected chi connectivity index (χ4v) is 9.74. The van der Waals surface area contributed by atoms with Crippen LogP contribution in [0.3, 0.4) is 0 Å². The first-order chi connectivity index (χ1) is 14.0. The molecule has 0 N–H and O–H groups in total. The number of fused-ring (bicyclic) bond motifs is 5. The molecule has 9 atom stereocenters. The summed E-state index contributed by atoms with van der Waals surface area (Å²) < 4.78 is 0. The highest BCUT2D eigenvalue weighted by Crippen LogP contribution is 2.69. The monoisotopic (exact) mass is 414 g/mol.